The van der Waals surface area contributed by atoms with Gasteiger partial charge in [0.05, 0.1) is 0 Å². The zero-order chi connectivity index (χ0) is 35.7. The Bertz CT molecular complexity index is 1940. The lowest BCUT2D eigenvalue weighted by atomic mass is 9.92. The van der Waals surface area contributed by atoms with Gasteiger partial charge in [0.25, 0.3) is 0 Å². The standard InChI is InChI=1S/C20H14O2.3C8H11N/c21-17-11-9-13-5-1-3-7-15(13)19(17)20-16-8-4-2-6-14(16)10-12-18(20)22;3*1-6-4-3-5-8(9)7(6)2/h1-12,21-22H;3*3-5H,9H2,1-2H3. The molecule has 0 spiro atoms. The molecule has 250 valence electrons. The monoisotopic (exact) mass is 649 g/mol. The van der Waals surface area contributed by atoms with Crippen LogP contribution in [0, 0.1) is 41.5 Å². The van der Waals surface area contributed by atoms with Crippen molar-refractivity contribution in [2.24, 2.45) is 0 Å². The minimum Gasteiger partial charge on any atom is -0.507 e. The van der Waals surface area contributed by atoms with Gasteiger partial charge in [-0.3, -0.25) is 0 Å². The molecule has 7 aromatic carbocycles. The van der Waals surface area contributed by atoms with Crippen LogP contribution in [0.2, 0.25) is 0 Å². The highest BCUT2D eigenvalue weighted by Crippen LogP contribution is 2.44. The highest BCUT2D eigenvalue weighted by molar-refractivity contribution is 6.09. The van der Waals surface area contributed by atoms with Gasteiger partial charge in [-0.2, -0.15) is 0 Å². The number of aromatic hydroxyl groups is 2. The number of hydrogen-bond acceptors (Lipinski definition) is 5. The summed E-state index contributed by atoms with van der Waals surface area (Å²) in [4.78, 5) is 0. The van der Waals surface area contributed by atoms with Crippen LogP contribution in [0.1, 0.15) is 33.4 Å². The lowest BCUT2D eigenvalue weighted by molar-refractivity contribution is 0.470. The fourth-order valence-electron chi connectivity index (χ4n) is 5.37. The number of aryl methyl sites for hydroxylation is 3. The Morgan fingerprint density at radius 2 is 0.653 bits per heavy atom. The molecule has 0 radical (unpaired) electrons. The fourth-order valence-corrected chi connectivity index (χ4v) is 5.37. The van der Waals surface area contributed by atoms with Crippen molar-refractivity contribution in [3.8, 4) is 22.6 Å². The molecule has 0 aliphatic rings. The maximum atomic E-state index is 10.4. The molecule has 49 heavy (non-hydrogen) atoms. The van der Waals surface area contributed by atoms with Gasteiger partial charge >= 0.3 is 0 Å². The number of nitrogen functional groups attached to an aromatic ring is 3. The van der Waals surface area contributed by atoms with E-state index in [1.54, 1.807) is 12.1 Å². The Hall–Kier alpha value is -5.94. The molecule has 0 aromatic heterocycles. The van der Waals surface area contributed by atoms with Crippen molar-refractivity contribution in [3.05, 3.63) is 161 Å². The maximum Gasteiger partial charge on any atom is 0.124 e. The fraction of sp³-hybridized carbons (Fsp3) is 0.136. The minimum absolute atomic E-state index is 0.172. The third-order valence-corrected chi connectivity index (χ3v) is 9.00. The Balaban J connectivity index is 0.000000166. The van der Waals surface area contributed by atoms with Crippen molar-refractivity contribution in [1.82, 2.24) is 0 Å². The van der Waals surface area contributed by atoms with Crippen LogP contribution in [0.4, 0.5) is 17.1 Å². The van der Waals surface area contributed by atoms with Crippen molar-refractivity contribution < 1.29 is 10.2 Å². The Morgan fingerprint density at radius 1 is 0.347 bits per heavy atom. The van der Waals surface area contributed by atoms with E-state index in [0.717, 1.165) is 38.6 Å². The second-order valence-electron chi connectivity index (χ2n) is 12.2. The summed E-state index contributed by atoms with van der Waals surface area (Å²) in [6.45, 7) is 12.3. The average molecular weight is 650 g/mol. The van der Waals surface area contributed by atoms with Gasteiger partial charge in [0.15, 0.2) is 0 Å². The second-order valence-corrected chi connectivity index (χ2v) is 12.2. The highest BCUT2D eigenvalue weighted by atomic mass is 16.3. The molecule has 5 heteroatoms. The number of phenolic OH excluding ortho intramolecular Hbond substituents is 2. The van der Waals surface area contributed by atoms with E-state index in [2.05, 4.69) is 39.0 Å². The van der Waals surface area contributed by atoms with Crippen molar-refractivity contribution in [1.29, 1.82) is 0 Å². The number of fused-ring (bicyclic) bond motifs is 2. The second kappa shape index (κ2) is 16.2. The minimum atomic E-state index is 0.172. The molecule has 5 nitrogen and oxygen atoms in total. The van der Waals surface area contributed by atoms with Crippen LogP contribution < -0.4 is 17.2 Å². The summed E-state index contributed by atoms with van der Waals surface area (Å²) < 4.78 is 0. The van der Waals surface area contributed by atoms with E-state index in [-0.39, 0.29) is 11.5 Å². The van der Waals surface area contributed by atoms with Gasteiger partial charge < -0.3 is 27.4 Å². The summed E-state index contributed by atoms with van der Waals surface area (Å²) >= 11 is 0. The topological polar surface area (TPSA) is 119 Å². The third-order valence-electron chi connectivity index (χ3n) is 9.00. The first-order valence-electron chi connectivity index (χ1n) is 16.3. The first-order chi connectivity index (χ1) is 23.4. The van der Waals surface area contributed by atoms with Crippen molar-refractivity contribution >= 4 is 38.6 Å². The van der Waals surface area contributed by atoms with E-state index >= 15 is 0 Å². The molecule has 0 atom stereocenters. The van der Waals surface area contributed by atoms with Gasteiger partial charge in [-0.1, -0.05) is 97.1 Å². The summed E-state index contributed by atoms with van der Waals surface area (Å²) in [5.74, 6) is 0.343. The molecule has 8 N–H and O–H groups in total. The lowest BCUT2D eigenvalue weighted by Crippen LogP contribution is -1.90. The first kappa shape index (κ1) is 35.9. The van der Waals surface area contributed by atoms with Crippen LogP contribution >= 0.6 is 0 Å². The normalized spacial score (nSPS) is 10.2. The predicted octanol–water partition coefficient (Wildman–Crippen LogP) is 10.7. The molecule has 0 bridgehead atoms. The van der Waals surface area contributed by atoms with Crippen molar-refractivity contribution in [3.63, 3.8) is 0 Å². The van der Waals surface area contributed by atoms with Crippen LogP contribution in [0.3, 0.4) is 0 Å². The molecule has 0 saturated heterocycles. The average Bonchev–Trinajstić information content (AvgIpc) is 3.10. The van der Waals surface area contributed by atoms with E-state index < -0.39 is 0 Å². The SMILES string of the molecule is Cc1cccc(N)c1C.Cc1cccc(N)c1C.Cc1cccc(N)c1C.Oc1ccc2ccccc2c1-c1c(O)ccc2ccccc12. The largest absolute Gasteiger partial charge is 0.507 e. The van der Waals surface area contributed by atoms with Gasteiger partial charge in [-0.05, 0) is 127 Å². The van der Waals surface area contributed by atoms with Crippen LogP contribution in [0.25, 0.3) is 32.7 Å². The maximum absolute atomic E-state index is 10.4. The number of benzene rings is 7. The molecule has 0 aliphatic heterocycles. The van der Waals surface area contributed by atoms with Crippen molar-refractivity contribution in [2.45, 2.75) is 41.5 Å². The third kappa shape index (κ3) is 8.70. The molecule has 0 saturated carbocycles. The summed E-state index contributed by atoms with van der Waals surface area (Å²) in [7, 11) is 0. The van der Waals surface area contributed by atoms with Gasteiger partial charge in [-0.15, -0.1) is 0 Å². The Labute approximate surface area is 290 Å². The number of nitrogens with two attached hydrogens (primary N) is 3. The van der Waals surface area contributed by atoms with Gasteiger partial charge in [0.1, 0.15) is 11.5 Å². The van der Waals surface area contributed by atoms with E-state index in [1.165, 1.54) is 33.4 Å². The van der Waals surface area contributed by atoms with E-state index in [9.17, 15) is 10.2 Å². The van der Waals surface area contributed by atoms with Crippen LogP contribution in [0.15, 0.2) is 127 Å². The molecule has 0 aliphatic carbocycles. The molecule has 7 rings (SSSR count). The number of hydrogen-bond donors (Lipinski definition) is 5. The summed E-state index contributed by atoms with van der Waals surface area (Å²) in [5.41, 5.74) is 28.2. The molecule has 0 unspecified atom stereocenters. The smallest absolute Gasteiger partial charge is 0.124 e. The summed E-state index contributed by atoms with van der Waals surface area (Å²) in [6, 6.07) is 40.7. The summed E-state index contributed by atoms with van der Waals surface area (Å²) in [6.07, 6.45) is 0. The predicted molar refractivity (Wildman–Crippen MR) is 211 cm³/mol. The lowest BCUT2D eigenvalue weighted by Gasteiger charge is -2.14. The molecule has 0 heterocycles. The zero-order valence-corrected chi connectivity index (χ0v) is 29.3. The molecule has 0 amide bonds. The number of phenols is 2. The van der Waals surface area contributed by atoms with Crippen LogP contribution in [-0.2, 0) is 0 Å². The van der Waals surface area contributed by atoms with Crippen LogP contribution in [0.5, 0.6) is 11.5 Å². The van der Waals surface area contributed by atoms with Gasteiger partial charge in [-0.25, -0.2) is 0 Å². The van der Waals surface area contributed by atoms with Crippen LogP contribution in [-0.4, -0.2) is 10.2 Å². The number of anilines is 3. The molecular formula is C44H47N3O2. The van der Waals surface area contributed by atoms with E-state index in [1.807, 2.05) is 118 Å². The summed E-state index contributed by atoms with van der Waals surface area (Å²) in [5, 5.41) is 24.8. The first-order valence-corrected chi connectivity index (χ1v) is 16.3. The van der Waals surface area contributed by atoms with E-state index in [4.69, 9.17) is 17.2 Å². The molecular weight excluding hydrogens is 603 g/mol. The van der Waals surface area contributed by atoms with Gasteiger partial charge in [0, 0.05) is 28.2 Å². The quantitative estimate of drug-likeness (QED) is 0.113. The van der Waals surface area contributed by atoms with Gasteiger partial charge in [0.2, 0.25) is 0 Å². The van der Waals surface area contributed by atoms with E-state index in [0.29, 0.717) is 11.1 Å². The molecule has 0 fully saturated rings. The number of rotatable bonds is 1. The Morgan fingerprint density at radius 3 is 0.939 bits per heavy atom. The molecule has 7 aromatic rings. The zero-order valence-electron chi connectivity index (χ0n) is 29.3. The highest BCUT2D eigenvalue weighted by Gasteiger charge is 2.16. The van der Waals surface area contributed by atoms with Crippen molar-refractivity contribution in [2.75, 3.05) is 17.2 Å². The Kier molecular flexibility index (Phi) is 11.9.